The van der Waals surface area contributed by atoms with E-state index < -0.39 is 0 Å². The lowest BCUT2D eigenvalue weighted by atomic mass is 9.67. The van der Waals surface area contributed by atoms with Gasteiger partial charge in [0.1, 0.15) is 17.1 Å². The molecule has 0 fully saturated rings. The Morgan fingerprint density at radius 1 is 1.33 bits per heavy atom. The molecule has 1 N–H and O–H groups in total. The van der Waals surface area contributed by atoms with Crippen molar-refractivity contribution in [1.82, 2.24) is 0 Å². The van der Waals surface area contributed by atoms with Gasteiger partial charge >= 0.3 is 0 Å². The van der Waals surface area contributed by atoms with Crippen molar-refractivity contribution in [3.63, 3.8) is 0 Å². The van der Waals surface area contributed by atoms with E-state index in [1.165, 1.54) is 11.1 Å². The van der Waals surface area contributed by atoms with Gasteiger partial charge in [-0.3, -0.25) is 0 Å². The maximum Gasteiger partial charge on any atom is 0.127 e. The van der Waals surface area contributed by atoms with Gasteiger partial charge in [0.25, 0.3) is 0 Å². The Morgan fingerprint density at radius 2 is 2.11 bits per heavy atom. The fourth-order valence-corrected chi connectivity index (χ4v) is 3.44. The van der Waals surface area contributed by atoms with Gasteiger partial charge in [-0.15, -0.1) is 0 Å². The number of fused-ring (bicyclic) bond motifs is 3. The molecule has 0 spiro atoms. The van der Waals surface area contributed by atoms with Crippen LogP contribution >= 0.6 is 0 Å². The number of rotatable bonds is 0. The van der Waals surface area contributed by atoms with Gasteiger partial charge in [0, 0.05) is 12.0 Å². The van der Waals surface area contributed by atoms with Crippen LogP contribution in [-0.4, -0.2) is 10.7 Å². The first-order valence-corrected chi connectivity index (χ1v) is 6.65. The highest BCUT2D eigenvalue weighted by Gasteiger charge is 2.44. The molecule has 2 atom stereocenters. The molecule has 0 aromatic heterocycles. The predicted molar refractivity (Wildman–Crippen MR) is 72.0 cm³/mol. The molecule has 0 bridgehead atoms. The highest BCUT2D eigenvalue weighted by Crippen LogP contribution is 2.51. The average molecular weight is 244 g/mol. The molecule has 96 valence electrons. The molecule has 1 aromatic carbocycles. The molecule has 18 heavy (non-hydrogen) atoms. The van der Waals surface area contributed by atoms with Gasteiger partial charge in [-0.2, -0.15) is 0 Å². The number of benzene rings is 1. The van der Waals surface area contributed by atoms with Crippen LogP contribution < -0.4 is 4.74 Å². The Kier molecular flexibility index (Phi) is 2.44. The fraction of sp³-hybridized carbons (Fsp3) is 0.500. The smallest absolute Gasteiger partial charge is 0.127 e. The standard InChI is InChI=1S/C16H20O2/c1-10-4-7-14-13(8-10)12-6-5-11(17)9-15(12)18-16(14,2)3/h4-6,9,13-14,17H,7-8H2,1-3H3/t13-,14+/m0/s1. The van der Waals surface area contributed by atoms with Crippen LogP contribution in [0, 0.1) is 5.92 Å². The third kappa shape index (κ3) is 1.71. The first-order chi connectivity index (χ1) is 8.47. The zero-order chi connectivity index (χ0) is 12.9. The zero-order valence-electron chi connectivity index (χ0n) is 11.2. The molecule has 2 aliphatic rings. The molecule has 2 heteroatoms. The molecule has 1 aromatic rings. The normalized spacial score (nSPS) is 28.7. The average Bonchev–Trinajstić information content (AvgIpc) is 2.27. The van der Waals surface area contributed by atoms with Crippen molar-refractivity contribution in [2.45, 2.75) is 45.1 Å². The molecular formula is C16H20O2. The molecule has 2 nitrogen and oxygen atoms in total. The molecular weight excluding hydrogens is 224 g/mol. The Bertz CT molecular complexity index is 514. The minimum absolute atomic E-state index is 0.164. The van der Waals surface area contributed by atoms with E-state index in [2.05, 4.69) is 26.8 Å². The first kappa shape index (κ1) is 11.6. The van der Waals surface area contributed by atoms with Crippen LogP contribution in [-0.2, 0) is 0 Å². The molecule has 3 rings (SSSR count). The van der Waals surface area contributed by atoms with E-state index in [1.54, 1.807) is 12.1 Å². The Balaban J connectivity index is 2.11. The number of phenols is 1. The second-order valence-corrected chi connectivity index (χ2v) is 6.13. The highest BCUT2D eigenvalue weighted by molar-refractivity contribution is 5.46. The number of hydrogen-bond acceptors (Lipinski definition) is 2. The van der Waals surface area contributed by atoms with Crippen molar-refractivity contribution in [3.05, 3.63) is 35.4 Å². The summed E-state index contributed by atoms with van der Waals surface area (Å²) >= 11 is 0. The van der Waals surface area contributed by atoms with Gasteiger partial charge in [0.05, 0.1) is 0 Å². The minimum Gasteiger partial charge on any atom is -0.508 e. The maximum atomic E-state index is 9.62. The summed E-state index contributed by atoms with van der Waals surface area (Å²) in [4.78, 5) is 0. The molecule has 0 amide bonds. The quantitative estimate of drug-likeness (QED) is 0.699. The summed E-state index contributed by atoms with van der Waals surface area (Å²) in [5, 5.41) is 9.62. The molecule has 1 heterocycles. The SMILES string of the molecule is CC1=CC[C@@H]2[C@@H](C1)c1ccc(O)cc1OC2(C)C. The lowest BCUT2D eigenvalue weighted by molar-refractivity contribution is 0.00837. The van der Waals surface area contributed by atoms with Crippen LogP contribution in [0.1, 0.15) is 45.1 Å². The summed E-state index contributed by atoms with van der Waals surface area (Å²) in [5.41, 5.74) is 2.56. The first-order valence-electron chi connectivity index (χ1n) is 6.65. The summed E-state index contributed by atoms with van der Waals surface area (Å²) < 4.78 is 6.12. The molecule has 1 aliphatic heterocycles. The maximum absolute atomic E-state index is 9.62. The van der Waals surface area contributed by atoms with E-state index in [9.17, 15) is 5.11 Å². The largest absolute Gasteiger partial charge is 0.508 e. The third-order valence-electron chi connectivity index (χ3n) is 4.41. The van der Waals surface area contributed by atoms with Crippen LogP contribution in [0.2, 0.25) is 0 Å². The molecule has 1 aliphatic carbocycles. The summed E-state index contributed by atoms with van der Waals surface area (Å²) in [6.07, 6.45) is 4.54. The van der Waals surface area contributed by atoms with Crippen molar-refractivity contribution in [1.29, 1.82) is 0 Å². The number of phenolic OH excluding ortho intramolecular Hbond substituents is 1. The minimum atomic E-state index is -0.164. The Morgan fingerprint density at radius 3 is 2.89 bits per heavy atom. The van der Waals surface area contributed by atoms with Gasteiger partial charge in [-0.25, -0.2) is 0 Å². The monoisotopic (exact) mass is 244 g/mol. The summed E-state index contributed by atoms with van der Waals surface area (Å²) in [5.74, 6) is 2.19. The van der Waals surface area contributed by atoms with Crippen molar-refractivity contribution >= 4 is 0 Å². The van der Waals surface area contributed by atoms with E-state index in [-0.39, 0.29) is 11.4 Å². The van der Waals surface area contributed by atoms with E-state index in [1.807, 2.05) is 6.07 Å². The van der Waals surface area contributed by atoms with Crippen molar-refractivity contribution in [3.8, 4) is 11.5 Å². The van der Waals surface area contributed by atoms with Gasteiger partial charge in [0.15, 0.2) is 0 Å². The molecule has 0 unspecified atom stereocenters. The van der Waals surface area contributed by atoms with Gasteiger partial charge in [-0.05, 0) is 51.2 Å². The van der Waals surface area contributed by atoms with Crippen molar-refractivity contribution < 1.29 is 9.84 Å². The summed E-state index contributed by atoms with van der Waals surface area (Å²) in [6.45, 7) is 6.52. The Labute approximate surface area is 108 Å². The van der Waals surface area contributed by atoms with Crippen LogP contribution in [0.15, 0.2) is 29.8 Å². The number of hydrogen-bond donors (Lipinski definition) is 1. The number of aromatic hydroxyl groups is 1. The molecule has 0 radical (unpaired) electrons. The third-order valence-corrected chi connectivity index (χ3v) is 4.41. The van der Waals surface area contributed by atoms with Crippen molar-refractivity contribution in [2.24, 2.45) is 5.92 Å². The van der Waals surface area contributed by atoms with Crippen LogP contribution in [0.5, 0.6) is 11.5 Å². The van der Waals surface area contributed by atoms with Crippen LogP contribution in [0.3, 0.4) is 0 Å². The molecule has 0 saturated carbocycles. The predicted octanol–water partition coefficient (Wildman–Crippen LogP) is 4.00. The summed E-state index contributed by atoms with van der Waals surface area (Å²) in [7, 11) is 0. The zero-order valence-corrected chi connectivity index (χ0v) is 11.2. The van der Waals surface area contributed by atoms with E-state index in [4.69, 9.17) is 4.74 Å². The fourth-order valence-electron chi connectivity index (χ4n) is 3.44. The van der Waals surface area contributed by atoms with E-state index >= 15 is 0 Å². The van der Waals surface area contributed by atoms with Crippen molar-refractivity contribution in [2.75, 3.05) is 0 Å². The Hall–Kier alpha value is -1.44. The second-order valence-electron chi connectivity index (χ2n) is 6.13. The van der Waals surface area contributed by atoms with E-state index in [0.717, 1.165) is 18.6 Å². The molecule has 0 saturated heterocycles. The lowest BCUT2D eigenvalue weighted by Crippen LogP contribution is -2.45. The van der Waals surface area contributed by atoms with Crippen LogP contribution in [0.4, 0.5) is 0 Å². The topological polar surface area (TPSA) is 29.5 Å². The van der Waals surface area contributed by atoms with Gasteiger partial charge in [-0.1, -0.05) is 17.7 Å². The van der Waals surface area contributed by atoms with Gasteiger partial charge in [0.2, 0.25) is 0 Å². The summed E-state index contributed by atoms with van der Waals surface area (Å²) in [6, 6.07) is 5.54. The number of allylic oxidation sites excluding steroid dienone is 2. The highest BCUT2D eigenvalue weighted by atomic mass is 16.5. The van der Waals surface area contributed by atoms with Gasteiger partial charge < -0.3 is 9.84 Å². The lowest BCUT2D eigenvalue weighted by Gasteiger charge is -2.46. The van der Waals surface area contributed by atoms with E-state index in [0.29, 0.717) is 11.8 Å². The van der Waals surface area contributed by atoms with Crippen LogP contribution in [0.25, 0.3) is 0 Å². The second kappa shape index (κ2) is 3.78. The number of ether oxygens (including phenoxy) is 1.